The maximum atomic E-state index is 11.2. The second-order valence-corrected chi connectivity index (χ2v) is 4.51. The quantitative estimate of drug-likeness (QED) is 0.648. The lowest BCUT2D eigenvalue weighted by atomic mass is 10.1. The first kappa shape index (κ1) is 14.7. The highest BCUT2D eigenvalue weighted by atomic mass is 16.6. The van der Waals surface area contributed by atoms with Gasteiger partial charge in [-0.2, -0.15) is 4.98 Å². The molecule has 0 amide bonds. The number of anilines is 3. The first-order valence-corrected chi connectivity index (χ1v) is 6.62. The summed E-state index contributed by atoms with van der Waals surface area (Å²) in [6.07, 6.45) is 0.941. The Kier molecular flexibility index (Phi) is 4.32. The molecule has 2 aromatic rings. The zero-order valence-electron chi connectivity index (χ0n) is 12.2. The third-order valence-electron chi connectivity index (χ3n) is 3.09. The molecule has 0 radical (unpaired) electrons. The van der Waals surface area contributed by atoms with Gasteiger partial charge in [0.15, 0.2) is 0 Å². The first-order chi connectivity index (χ1) is 10.0. The van der Waals surface area contributed by atoms with Crippen LogP contribution in [0.25, 0.3) is 0 Å². The first-order valence-electron chi connectivity index (χ1n) is 6.62. The van der Waals surface area contributed by atoms with Gasteiger partial charge in [-0.05, 0) is 31.0 Å². The van der Waals surface area contributed by atoms with Crippen LogP contribution in [0.15, 0.2) is 24.3 Å². The van der Waals surface area contributed by atoms with Crippen LogP contribution in [0.1, 0.15) is 18.2 Å². The van der Waals surface area contributed by atoms with Crippen molar-refractivity contribution in [1.29, 1.82) is 0 Å². The van der Waals surface area contributed by atoms with Crippen molar-refractivity contribution < 1.29 is 4.92 Å². The molecular formula is C14H17N5O2. The Balaban J connectivity index is 2.41. The van der Waals surface area contributed by atoms with E-state index >= 15 is 0 Å². The van der Waals surface area contributed by atoms with Crippen LogP contribution >= 0.6 is 0 Å². The highest BCUT2D eigenvalue weighted by Gasteiger charge is 2.21. The van der Waals surface area contributed by atoms with Crippen molar-refractivity contribution >= 4 is 23.1 Å². The third-order valence-corrected chi connectivity index (χ3v) is 3.09. The maximum Gasteiger partial charge on any atom is 0.332 e. The zero-order chi connectivity index (χ0) is 15.4. The van der Waals surface area contributed by atoms with Gasteiger partial charge in [0.2, 0.25) is 11.8 Å². The van der Waals surface area contributed by atoms with E-state index in [1.165, 1.54) is 5.56 Å². The Labute approximate surface area is 122 Å². The Bertz CT molecular complexity index is 655. The third kappa shape index (κ3) is 3.25. The highest BCUT2D eigenvalue weighted by molar-refractivity contribution is 5.68. The molecule has 0 fully saturated rings. The number of hydrogen-bond donors (Lipinski definition) is 2. The van der Waals surface area contributed by atoms with Crippen molar-refractivity contribution in [2.45, 2.75) is 20.3 Å². The van der Waals surface area contributed by atoms with E-state index in [0.29, 0.717) is 11.6 Å². The van der Waals surface area contributed by atoms with E-state index in [1.54, 1.807) is 14.0 Å². The Morgan fingerprint density at radius 2 is 1.90 bits per heavy atom. The molecule has 110 valence electrons. The topological polar surface area (TPSA) is 93.0 Å². The van der Waals surface area contributed by atoms with Gasteiger partial charge in [-0.15, -0.1) is 0 Å². The van der Waals surface area contributed by atoms with Gasteiger partial charge in [-0.3, -0.25) is 10.1 Å². The van der Waals surface area contributed by atoms with E-state index in [4.69, 9.17) is 0 Å². The molecule has 0 aliphatic rings. The van der Waals surface area contributed by atoms with Gasteiger partial charge in [0, 0.05) is 12.7 Å². The molecule has 0 saturated heterocycles. The molecule has 0 aliphatic heterocycles. The van der Waals surface area contributed by atoms with Crippen molar-refractivity contribution in [2.24, 2.45) is 0 Å². The molecule has 2 N–H and O–H groups in total. The number of rotatable bonds is 5. The van der Waals surface area contributed by atoms with E-state index in [2.05, 4.69) is 27.5 Å². The monoisotopic (exact) mass is 287 g/mol. The van der Waals surface area contributed by atoms with Crippen LogP contribution in [0.3, 0.4) is 0 Å². The molecule has 0 bridgehead atoms. The van der Waals surface area contributed by atoms with Crippen molar-refractivity contribution in [3.63, 3.8) is 0 Å². The SMILES string of the molecule is CCc1ccc(Nc2nc(NC)nc(C)c2[N+](=O)[O-])cc1. The van der Waals surface area contributed by atoms with Gasteiger partial charge in [0.05, 0.1) is 4.92 Å². The van der Waals surface area contributed by atoms with E-state index in [1.807, 2.05) is 24.3 Å². The summed E-state index contributed by atoms with van der Waals surface area (Å²) in [5, 5.41) is 17.0. The number of nitrogens with one attached hydrogen (secondary N) is 2. The summed E-state index contributed by atoms with van der Waals surface area (Å²) in [4.78, 5) is 18.9. The minimum absolute atomic E-state index is 0.117. The van der Waals surface area contributed by atoms with Crippen molar-refractivity contribution in [3.8, 4) is 0 Å². The number of benzene rings is 1. The van der Waals surface area contributed by atoms with E-state index < -0.39 is 4.92 Å². The molecule has 0 atom stereocenters. The van der Waals surface area contributed by atoms with Crippen LogP contribution in [0.2, 0.25) is 0 Å². The van der Waals surface area contributed by atoms with Gasteiger partial charge in [-0.1, -0.05) is 19.1 Å². The van der Waals surface area contributed by atoms with Crippen molar-refractivity contribution in [3.05, 3.63) is 45.6 Å². The molecule has 7 heteroatoms. The fraction of sp³-hybridized carbons (Fsp3) is 0.286. The van der Waals surface area contributed by atoms with Gasteiger partial charge < -0.3 is 10.6 Å². The lowest BCUT2D eigenvalue weighted by Gasteiger charge is -2.09. The summed E-state index contributed by atoms with van der Waals surface area (Å²) in [5.74, 6) is 0.520. The number of aryl methyl sites for hydroxylation is 2. The lowest BCUT2D eigenvalue weighted by Crippen LogP contribution is -2.07. The predicted octanol–water partition coefficient (Wildman–Crippen LogP) is 3.04. The van der Waals surface area contributed by atoms with Gasteiger partial charge >= 0.3 is 5.69 Å². The summed E-state index contributed by atoms with van der Waals surface area (Å²) < 4.78 is 0. The molecule has 0 saturated carbocycles. The largest absolute Gasteiger partial charge is 0.357 e. The summed E-state index contributed by atoms with van der Waals surface area (Å²) in [5.41, 5.74) is 2.14. The molecule has 0 spiro atoms. The standard InChI is InChI=1S/C14H17N5O2/c1-4-10-5-7-11(8-6-10)17-13-12(19(20)21)9(2)16-14(15-3)18-13/h5-8H,4H2,1-3H3,(H2,15,16,17,18). The van der Waals surface area contributed by atoms with Crippen LogP contribution in [-0.2, 0) is 6.42 Å². The van der Waals surface area contributed by atoms with Gasteiger partial charge in [0.25, 0.3) is 0 Å². The molecule has 0 aliphatic carbocycles. The lowest BCUT2D eigenvalue weighted by molar-refractivity contribution is -0.385. The summed E-state index contributed by atoms with van der Waals surface area (Å²) in [7, 11) is 1.67. The Morgan fingerprint density at radius 1 is 1.24 bits per heavy atom. The van der Waals surface area contributed by atoms with Crippen molar-refractivity contribution in [1.82, 2.24) is 9.97 Å². The van der Waals surface area contributed by atoms with Crippen LogP contribution in [0.4, 0.5) is 23.1 Å². The van der Waals surface area contributed by atoms with E-state index in [0.717, 1.165) is 12.1 Å². The maximum absolute atomic E-state index is 11.2. The van der Waals surface area contributed by atoms with Crippen LogP contribution in [0, 0.1) is 17.0 Å². The molecule has 7 nitrogen and oxygen atoms in total. The summed E-state index contributed by atoms with van der Waals surface area (Å²) in [6, 6.07) is 7.69. The number of nitro groups is 1. The van der Waals surface area contributed by atoms with Crippen molar-refractivity contribution in [2.75, 3.05) is 17.7 Å². The van der Waals surface area contributed by atoms with Crippen LogP contribution in [0.5, 0.6) is 0 Å². The fourth-order valence-corrected chi connectivity index (χ4v) is 1.95. The van der Waals surface area contributed by atoms with Crippen LogP contribution in [-0.4, -0.2) is 21.9 Å². The molecule has 0 unspecified atom stereocenters. The summed E-state index contributed by atoms with van der Waals surface area (Å²) >= 11 is 0. The smallest absolute Gasteiger partial charge is 0.332 e. The average molecular weight is 287 g/mol. The van der Waals surface area contributed by atoms with Gasteiger partial charge in [-0.25, -0.2) is 4.98 Å². The fourth-order valence-electron chi connectivity index (χ4n) is 1.95. The molecule has 1 aromatic heterocycles. The molecule has 1 heterocycles. The second-order valence-electron chi connectivity index (χ2n) is 4.51. The average Bonchev–Trinajstić information content (AvgIpc) is 2.47. The minimum Gasteiger partial charge on any atom is -0.357 e. The Morgan fingerprint density at radius 3 is 2.43 bits per heavy atom. The minimum atomic E-state index is -0.475. The molecule has 2 rings (SSSR count). The molecule has 21 heavy (non-hydrogen) atoms. The molecular weight excluding hydrogens is 270 g/mol. The van der Waals surface area contributed by atoms with E-state index in [-0.39, 0.29) is 11.5 Å². The predicted molar refractivity (Wildman–Crippen MR) is 82.1 cm³/mol. The molecule has 1 aromatic carbocycles. The number of aromatic nitrogens is 2. The van der Waals surface area contributed by atoms with E-state index in [9.17, 15) is 10.1 Å². The highest BCUT2D eigenvalue weighted by Crippen LogP contribution is 2.29. The number of nitrogens with zero attached hydrogens (tertiary/aromatic N) is 3. The second kappa shape index (κ2) is 6.17. The number of hydrogen-bond acceptors (Lipinski definition) is 6. The normalized spacial score (nSPS) is 10.2. The summed E-state index contributed by atoms with van der Waals surface area (Å²) in [6.45, 7) is 3.66. The zero-order valence-corrected chi connectivity index (χ0v) is 12.2. The Hall–Kier alpha value is -2.70. The van der Waals surface area contributed by atoms with Gasteiger partial charge in [0.1, 0.15) is 5.69 Å². The van der Waals surface area contributed by atoms with Crippen LogP contribution < -0.4 is 10.6 Å².